The van der Waals surface area contributed by atoms with Crippen LogP contribution in [0.5, 0.6) is 0 Å². The van der Waals surface area contributed by atoms with E-state index in [4.69, 9.17) is 23.2 Å². The first-order chi connectivity index (χ1) is 9.65. The third kappa shape index (κ3) is 2.57. The minimum absolute atomic E-state index is 0.538. The van der Waals surface area contributed by atoms with Gasteiger partial charge >= 0.3 is 0 Å². The number of aromatic nitrogens is 2. The molecule has 0 amide bonds. The Morgan fingerprint density at radius 2 is 1.95 bits per heavy atom. The summed E-state index contributed by atoms with van der Waals surface area (Å²) in [5.41, 5.74) is 4.08. The van der Waals surface area contributed by atoms with E-state index in [0.29, 0.717) is 10.0 Å². The van der Waals surface area contributed by atoms with E-state index in [1.807, 2.05) is 29.8 Å². The highest BCUT2D eigenvalue weighted by Gasteiger charge is 2.10. The van der Waals surface area contributed by atoms with Gasteiger partial charge in [0, 0.05) is 28.9 Å². The van der Waals surface area contributed by atoms with Gasteiger partial charge in [-0.25, -0.2) is 4.98 Å². The van der Waals surface area contributed by atoms with E-state index in [1.165, 1.54) is 0 Å². The third-order valence-electron chi connectivity index (χ3n) is 2.99. The van der Waals surface area contributed by atoms with Crippen LogP contribution in [0.25, 0.3) is 21.8 Å². The Bertz CT molecular complexity index is 768. The molecule has 0 N–H and O–H groups in total. The first kappa shape index (κ1) is 13.6. The molecule has 3 aromatic rings. The molecule has 0 saturated carbocycles. The average Bonchev–Trinajstić information content (AvgIpc) is 2.92. The molecule has 20 heavy (non-hydrogen) atoms. The van der Waals surface area contributed by atoms with Crippen LogP contribution >= 0.6 is 34.5 Å². The van der Waals surface area contributed by atoms with Crippen LogP contribution < -0.4 is 0 Å². The second-order valence-corrected chi connectivity index (χ2v) is 6.03. The lowest BCUT2D eigenvalue weighted by Crippen LogP contribution is -1.84. The van der Waals surface area contributed by atoms with Crippen molar-refractivity contribution in [3.05, 3.63) is 57.6 Å². The number of rotatable bonds is 2. The Hall–Kier alpha value is -1.42. The van der Waals surface area contributed by atoms with Crippen molar-refractivity contribution in [3.63, 3.8) is 0 Å². The number of hydrogen-bond donors (Lipinski definition) is 0. The Morgan fingerprint density at radius 3 is 2.70 bits per heavy atom. The second kappa shape index (κ2) is 5.52. The van der Waals surface area contributed by atoms with Crippen molar-refractivity contribution in [3.8, 4) is 21.8 Å². The van der Waals surface area contributed by atoms with Crippen molar-refractivity contribution in [2.24, 2.45) is 0 Å². The fourth-order valence-corrected chi connectivity index (χ4v) is 3.08. The third-order valence-corrected chi connectivity index (χ3v) is 4.60. The summed E-state index contributed by atoms with van der Waals surface area (Å²) in [4.78, 5) is 8.82. The van der Waals surface area contributed by atoms with Crippen molar-refractivity contribution < 1.29 is 0 Å². The quantitative estimate of drug-likeness (QED) is 0.624. The number of aryl methyl sites for hydroxylation is 1. The molecule has 0 saturated heterocycles. The zero-order valence-corrected chi connectivity index (χ0v) is 12.9. The van der Waals surface area contributed by atoms with E-state index >= 15 is 0 Å². The van der Waals surface area contributed by atoms with Crippen LogP contribution in [0.2, 0.25) is 10.0 Å². The van der Waals surface area contributed by atoms with Crippen LogP contribution in [-0.4, -0.2) is 9.97 Å². The standard InChI is InChI=1S/C15H10Cl2N2S/c1-9-4-5-18-7-11(9)15-19-14(8-20-15)10-2-3-12(16)13(17)6-10/h2-8H,1H3. The van der Waals surface area contributed by atoms with Gasteiger partial charge in [0.1, 0.15) is 5.01 Å². The predicted molar refractivity (Wildman–Crippen MR) is 85.5 cm³/mol. The fraction of sp³-hybridized carbons (Fsp3) is 0.0667. The van der Waals surface area contributed by atoms with E-state index in [1.54, 1.807) is 23.6 Å². The summed E-state index contributed by atoms with van der Waals surface area (Å²) in [6.45, 7) is 2.05. The molecule has 2 heterocycles. The van der Waals surface area contributed by atoms with Gasteiger partial charge in [0.05, 0.1) is 15.7 Å². The molecule has 3 rings (SSSR count). The smallest absolute Gasteiger partial charge is 0.125 e. The zero-order valence-electron chi connectivity index (χ0n) is 10.6. The Balaban J connectivity index is 2.02. The number of hydrogen-bond acceptors (Lipinski definition) is 3. The summed E-state index contributed by atoms with van der Waals surface area (Å²) in [6, 6.07) is 7.52. The summed E-state index contributed by atoms with van der Waals surface area (Å²) in [6.07, 6.45) is 3.62. The summed E-state index contributed by atoms with van der Waals surface area (Å²) in [5, 5.41) is 4.06. The van der Waals surface area contributed by atoms with Crippen molar-refractivity contribution >= 4 is 34.5 Å². The van der Waals surface area contributed by atoms with Gasteiger partial charge in [0.15, 0.2) is 0 Å². The topological polar surface area (TPSA) is 25.8 Å². The number of nitrogens with zero attached hydrogens (tertiary/aromatic N) is 2. The monoisotopic (exact) mass is 320 g/mol. The van der Waals surface area contributed by atoms with E-state index in [-0.39, 0.29) is 0 Å². The van der Waals surface area contributed by atoms with E-state index in [2.05, 4.69) is 16.9 Å². The summed E-state index contributed by atoms with van der Waals surface area (Å²) < 4.78 is 0. The molecule has 5 heteroatoms. The molecule has 0 unspecified atom stereocenters. The molecule has 100 valence electrons. The van der Waals surface area contributed by atoms with Crippen LogP contribution in [-0.2, 0) is 0 Å². The molecular formula is C15H10Cl2N2S. The maximum Gasteiger partial charge on any atom is 0.125 e. The van der Waals surface area contributed by atoms with Crippen LogP contribution in [0, 0.1) is 6.92 Å². The van der Waals surface area contributed by atoms with Crippen LogP contribution in [0.1, 0.15) is 5.56 Å². The van der Waals surface area contributed by atoms with Crippen molar-refractivity contribution in [1.82, 2.24) is 9.97 Å². The van der Waals surface area contributed by atoms with Crippen molar-refractivity contribution in [2.75, 3.05) is 0 Å². The molecule has 0 aliphatic heterocycles. The molecular weight excluding hydrogens is 311 g/mol. The Labute approximate surface area is 131 Å². The van der Waals surface area contributed by atoms with Crippen LogP contribution in [0.15, 0.2) is 42.0 Å². The van der Waals surface area contributed by atoms with Gasteiger partial charge in [-0.05, 0) is 30.7 Å². The molecule has 1 aromatic carbocycles. The molecule has 0 spiro atoms. The lowest BCUT2D eigenvalue weighted by Gasteiger charge is -2.01. The van der Waals surface area contributed by atoms with Gasteiger partial charge in [0.25, 0.3) is 0 Å². The summed E-state index contributed by atoms with van der Waals surface area (Å²) in [7, 11) is 0. The molecule has 2 aromatic heterocycles. The molecule has 2 nitrogen and oxygen atoms in total. The van der Waals surface area contributed by atoms with Gasteiger partial charge in [-0.1, -0.05) is 29.3 Å². The first-order valence-electron chi connectivity index (χ1n) is 5.97. The maximum atomic E-state index is 6.05. The first-order valence-corrected chi connectivity index (χ1v) is 7.60. The largest absolute Gasteiger partial charge is 0.264 e. The van der Waals surface area contributed by atoms with Gasteiger partial charge in [-0.15, -0.1) is 11.3 Å². The van der Waals surface area contributed by atoms with Crippen LogP contribution in [0.4, 0.5) is 0 Å². The molecule has 0 aliphatic rings. The molecule has 0 fully saturated rings. The molecule has 0 atom stereocenters. The fourth-order valence-electron chi connectivity index (χ4n) is 1.87. The van der Waals surface area contributed by atoms with Gasteiger partial charge in [-0.2, -0.15) is 0 Å². The highest BCUT2D eigenvalue weighted by molar-refractivity contribution is 7.13. The lowest BCUT2D eigenvalue weighted by atomic mass is 10.1. The summed E-state index contributed by atoms with van der Waals surface area (Å²) in [5.74, 6) is 0. The van der Waals surface area contributed by atoms with Gasteiger partial charge < -0.3 is 0 Å². The average molecular weight is 321 g/mol. The van der Waals surface area contributed by atoms with Gasteiger partial charge in [0.2, 0.25) is 0 Å². The normalized spacial score (nSPS) is 10.8. The van der Waals surface area contributed by atoms with Crippen molar-refractivity contribution in [2.45, 2.75) is 6.92 Å². The number of pyridine rings is 1. The summed E-state index contributed by atoms with van der Waals surface area (Å²) >= 11 is 13.6. The highest BCUT2D eigenvalue weighted by atomic mass is 35.5. The van der Waals surface area contributed by atoms with E-state index in [0.717, 1.165) is 27.4 Å². The Kier molecular flexibility index (Phi) is 3.74. The van der Waals surface area contributed by atoms with E-state index < -0.39 is 0 Å². The number of halogens is 2. The highest BCUT2D eigenvalue weighted by Crippen LogP contribution is 2.32. The zero-order chi connectivity index (χ0) is 14.1. The molecule has 0 radical (unpaired) electrons. The minimum Gasteiger partial charge on any atom is -0.264 e. The Morgan fingerprint density at radius 1 is 1.10 bits per heavy atom. The predicted octanol–water partition coefficient (Wildman–Crippen LogP) is 5.49. The second-order valence-electron chi connectivity index (χ2n) is 4.36. The molecule has 0 aliphatic carbocycles. The maximum absolute atomic E-state index is 6.05. The number of benzene rings is 1. The van der Waals surface area contributed by atoms with Crippen molar-refractivity contribution in [1.29, 1.82) is 0 Å². The van der Waals surface area contributed by atoms with Crippen LogP contribution in [0.3, 0.4) is 0 Å². The number of thiazole rings is 1. The minimum atomic E-state index is 0.538. The van der Waals surface area contributed by atoms with E-state index in [9.17, 15) is 0 Å². The van der Waals surface area contributed by atoms with Gasteiger partial charge in [-0.3, -0.25) is 4.98 Å². The molecule has 0 bridgehead atoms. The SMILES string of the molecule is Cc1ccncc1-c1nc(-c2ccc(Cl)c(Cl)c2)cs1. The lowest BCUT2D eigenvalue weighted by molar-refractivity contribution is 1.27.